The number of carbonyl (C=O) groups is 5. The first-order valence-corrected chi connectivity index (χ1v) is 21.4. The van der Waals surface area contributed by atoms with Gasteiger partial charge in [-0.1, -0.05) is 11.6 Å². The van der Waals surface area contributed by atoms with Gasteiger partial charge in [-0.15, -0.1) is 10.2 Å². The highest BCUT2D eigenvalue weighted by Crippen LogP contribution is 2.44. The molecule has 6 aliphatic rings. The van der Waals surface area contributed by atoms with Gasteiger partial charge in [0.05, 0.1) is 28.5 Å². The number of halogens is 1. The van der Waals surface area contributed by atoms with E-state index in [1.54, 1.807) is 24.3 Å². The summed E-state index contributed by atoms with van der Waals surface area (Å²) in [5.41, 5.74) is 2.26. The molecule has 7 heterocycles. The van der Waals surface area contributed by atoms with Crippen LogP contribution in [0.4, 0.5) is 11.5 Å². The van der Waals surface area contributed by atoms with Gasteiger partial charge in [0.25, 0.3) is 17.7 Å². The van der Waals surface area contributed by atoms with Crippen LogP contribution in [0.25, 0.3) is 0 Å². The van der Waals surface area contributed by atoms with Gasteiger partial charge >= 0.3 is 0 Å². The molecule has 5 amide bonds. The lowest BCUT2D eigenvalue weighted by Crippen LogP contribution is -2.60. The first-order chi connectivity index (χ1) is 29.0. The van der Waals surface area contributed by atoms with E-state index < -0.39 is 23.8 Å². The molecule has 3 aromatic rings. The number of nitriles is 1. The van der Waals surface area contributed by atoms with Crippen LogP contribution in [0.15, 0.2) is 42.6 Å². The number of imide groups is 2. The monoisotopic (exact) mass is 834 g/mol. The molecule has 1 spiro atoms. The molecule has 5 aliphatic heterocycles. The van der Waals surface area contributed by atoms with E-state index in [-0.39, 0.29) is 52.9 Å². The lowest BCUT2D eigenvalue weighted by molar-refractivity contribution is -0.136. The Morgan fingerprint density at radius 3 is 2.33 bits per heavy atom. The molecular weight excluding hydrogens is 788 g/mol. The summed E-state index contributed by atoms with van der Waals surface area (Å²) in [5.74, 6) is -0.241. The summed E-state index contributed by atoms with van der Waals surface area (Å²) in [7, 11) is 0. The number of amides is 5. The molecule has 5 fully saturated rings. The van der Waals surface area contributed by atoms with Crippen LogP contribution in [0.1, 0.15) is 101 Å². The molecule has 60 heavy (non-hydrogen) atoms. The van der Waals surface area contributed by atoms with Crippen molar-refractivity contribution in [2.75, 3.05) is 55.6 Å². The van der Waals surface area contributed by atoms with Crippen LogP contribution in [0, 0.1) is 22.7 Å². The van der Waals surface area contributed by atoms with E-state index >= 15 is 0 Å². The molecule has 1 atom stereocenters. The predicted octanol–water partition coefficient (Wildman–Crippen LogP) is 3.74. The normalized spacial score (nSPS) is 24.5. The number of likely N-dealkylation sites (tertiary alicyclic amines) is 1. The summed E-state index contributed by atoms with van der Waals surface area (Å²) < 4.78 is 6.02. The van der Waals surface area contributed by atoms with Crippen molar-refractivity contribution in [3.05, 3.63) is 70.1 Å². The SMILES string of the molecule is N#Cc1ncc(OC2CCC(NC(=O)c3ccc(N4CCC(CN5CCC6(CC5)CN(c5ccc7c(c5)C(=O)N(C5CCC(=O)NC5=O)C7=O)C6)CC4)nn3)CC2)cc1Cl. The van der Waals surface area contributed by atoms with Gasteiger partial charge in [-0.25, -0.2) is 4.98 Å². The number of nitrogens with zero attached hydrogens (tertiary/aromatic N) is 8. The zero-order valence-corrected chi connectivity index (χ0v) is 34.0. The van der Waals surface area contributed by atoms with Gasteiger partial charge in [0.2, 0.25) is 11.8 Å². The standard InChI is InChI=1S/C43H47ClN10O6/c44-33-20-30(22-46-35(33)21-45)60-29-4-1-27(2-5-29)47-39(56)34-7-9-37(50-49-34)52-15-11-26(12-16-52)23-51-17-13-43(14-18-51)24-53(25-43)28-3-6-31-32(19-28)42(59)54(41(31)58)36-8-10-38(55)48-40(36)57/h3,6-7,9,19-20,22,26-27,29,36H,1-2,4-5,8,10-18,23-25H2,(H,47,56)(H,48,55,57). The number of nitrogens with one attached hydrogen (secondary N) is 2. The van der Waals surface area contributed by atoms with Gasteiger partial charge in [-0.3, -0.25) is 34.2 Å². The largest absolute Gasteiger partial charge is 0.489 e. The minimum Gasteiger partial charge on any atom is -0.489 e. The zero-order chi connectivity index (χ0) is 41.5. The molecule has 4 saturated heterocycles. The Labute approximate surface area is 352 Å². The summed E-state index contributed by atoms with van der Waals surface area (Å²) in [4.78, 5) is 75.7. The number of ether oxygens (including phenoxy) is 1. The molecular formula is C43H47ClN10O6. The molecule has 1 saturated carbocycles. The molecule has 1 aromatic carbocycles. The summed E-state index contributed by atoms with van der Waals surface area (Å²) in [6, 6.07) is 11.6. The van der Waals surface area contributed by atoms with Crippen LogP contribution in [0.5, 0.6) is 5.75 Å². The number of anilines is 2. The number of fused-ring (bicyclic) bond motifs is 1. The number of hydrogen-bond donors (Lipinski definition) is 2. The highest BCUT2D eigenvalue weighted by Gasteiger charge is 2.47. The van der Waals surface area contributed by atoms with E-state index in [1.165, 1.54) is 6.20 Å². The number of hydrogen-bond acceptors (Lipinski definition) is 13. The van der Waals surface area contributed by atoms with E-state index in [2.05, 4.69) is 40.5 Å². The van der Waals surface area contributed by atoms with Gasteiger partial charge in [-0.05, 0) is 107 Å². The summed E-state index contributed by atoms with van der Waals surface area (Å²) >= 11 is 6.09. The van der Waals surface area contributed by atoms with Crippen LogP contribution in [0.3, 0.4) is 0 Å². The molecule has 1 aliphatic carbocycles. The predicted molar refractivity (Wildman–Crippen MR) is 219 cm³/mol. The Morgan fingerprint density at radius 1 is 0.900 bits per heavy atom. The van der Waals surface area contributed by atoms with Crippen molar-refractivity contribution >= 4 is 52.6 Å². The molecule has 2 N–H and O–H groups in total. The summed E-state index contributed by atoms with van der Waals surface area (Å²) in [6.45, 7) is 6.81. The van der Waals surface area contributed by atoms with Crippen molar-refractivity contribution in [3.8, 4) is 11.8 Å². The molecule has 9 rings (SSSR count). The van der Waals surface area contributed by atoms with Crippen molar-refractivity contribution in [1.82, 2.24) is 35.6 Å². The fourth-order valence-electron chi connectivity index (χ4n) is 9.80. The Kier molecular flexibility index (Phi) is 10.9. The fraction of sp³-hybridized carbons (Fsp3) is 0.512. The average molecular weight is 835 g/mol. The average Bonchev–Trinajstić information content (AvgIpc) is 3.49. The van der Waals surface area contributed by atoms with Crippen molar-refractivity contribution in [2.24, 2.45) is 11.3 Å². The molecule has 1 unspecified atom stereocenters. The molecule has 312 valence electrons. The van der Waals surface area contributed by atoms with Crippen LogP contribution in [-0.4, -0.2) is 119 Å². The van der Waals surface area contributed by atoms with Crippen LogP contribution < -0.4 is 25.2 Å². The maximum absolute atomic E-state index is 13.3. The van der Waals surface area contributed by atoms with E-state index in [4.69, 9.17) is 21.6 Å². The highest BCUT2D eigenvalue weighted by atomic mass is 35.5. The number of pyridine rings is 1. The Morgan fingerprint density at radius 2 is 1.65 bits per heavy atom. The first-order valence-electron chi connectivity index (χ1n) is 21.0. The smallest absolute Gasteiger partial charge is 0.272 e. The Hall–Kier alpha value is -5.66. The number of benzene rings is 1. The zero-order valence-electron chi connectivity index (χ0n) is 33.3. The van der Waals surface area contributed by atoms with Crippen molar-refractivity contribution < 1.29 is 28.7 Å². The maximum atomic E-state index is 13.3. The number of piperidine rings is 3. The second-order valence-electron chi connectivity index (χ2n) is 17.2. The van der Waals surface area contributed by atoms with Gasteiger partial charge in [-0.2, -0.15) is 5.26 Å². The van der Waals surface area contributed by atoms with Crippen molar-refractivity contribution in [3.63, 3.8) is 0 Å². The Balaban J connectivity index is 0.683. The molecule has 0 radical (unpaired) electrons. The minimum atomic E-state index is -0.967. The number of rotatable bonds is 9. The minimum absolute atomic E-state index is 0.0155. The lowest BCUT2D eigenvalue weighted by Gasteiger charge is -2.55. The summed E-state index contributed by atoms with van der Waals surface area (Å²) in [5, 5.41) is 23.4. The third kappa shape index (κ3) is 8.00. The maximum Gasteiger partial charge on any atom is 0.272 e. The summed E-state index contributed by atoms with van der Waals surface area (Å²) in [6.07, 6.45) is 9.19. The number of carbonyl (C=O) groups excluding carboxylic acids is 5. The number of aromatic nitrogens is 3. The quantitative estimate of drug-likeness (QED) is 0.297. The topological polar surface area (TPSA) is 194 Å². The van der Waals surface area contributed by atoms with Crippen molar-refractivity contribution in [1.29, 1.82) is 5.26 Å². The molecule has 16 nitrogen and oxygen atoms in total. The van der Waals surface area contributed by atoms with Gasteiger partial charge in [0, 0.05) is 62.4 Å². The van der Waals surface area contributed by atoms with E-state index in [0.717, 1.165) is 114 Å². The lowest BCUT2D eigenvalue weighted by atomic mass is 9.71. The van der Waals surface area contributed by atoms with Gasteiger partial charge in [0.1, 0.15) is 17.9 Å². The second-order valence-corrected chi connectivity index (χ2v) is 17.6. The van der Waals surface area contributed by atoms with Crippen molar-refractivity contribution in [2.45, 2.75) is 82.4 Å². The highest BCUT2D eigenvalue weighted by molar-refractivity contribution is 6.31. The third-order valence-electron chi connectivity index (χ3n) is 13.3. The molecule has 17 heteroatoms. The molecule has 2 aromatic heterocycles. The van der Waals surface area contributed by atoms with Gasteiger partial charge < -0.3 is 24.8 Å². The Bertz CT molecular complexity index is 2230. The third-order valence-corrected chi connectivity index (χ3v) is 13.6. The fourth-order valence-corrected chi connectivity index (χ4v) is 10.00. The first kappa shape index (κ1) is 39.8. The van der Waals surface area contributed by atoms with Crippen LogP contribution in [-0.2, 0) is 9.59 Å². The van der Waals surface area contributed by atoms with Crippen LogP contribution in [0.2, 0.25) is 5.02 Å². The van der Waals surface area contributed by atoms with E-state index in [1.807, 2.05) is 18.2 Å². The molecule has 0 bridgehead atoms. The van der Waals surface area contributed by atoms with E-state index in [9.17, 15) is 24.0 Å². The second kappa shape index (κ2) is 16.4. The van der Waals surface area contributed by atoms with Gasteiger partial charge in [0.15, 0.2) is 17.2 Å². The van der Waals surface area contributed by atoms with E-state index in [0.29, 0.717) is 28.5 Å². The van der Waals surface area contributed by atoms with Crippen LogP contribution >= 0.6 is 11.6 Å².